The number of hydrogen-bond acceptors (Lipinski definition) is 2. The molecule has 0 atom stereocenters. The Balaban J connectivity index is 1.59. The molecule has 8 aromatic rings. The Morgan fingerprint density at radius 3 is 1.56 bits per heavy atom. The minimum absolute atomic E-state index is 0.505. The van der Waals surface area contributed by atoms with Gasteiger partial charge in [0.1, 0.15) is 5.52 Å². The molecule has 5 nitrogen and oxygen atoms in total. The van der Waals surface area contributed by atoms with Crippen molar-refractivity contribution in [2.45, 2.75) is 33.6 Å². The van der Waals surface area contributed by atoms with Crippen molar-refractivity contribution in [1.29, 1.82) is 0 Å². The first-order valence-electron chi connectivity index (χ1n) is 12.6. The molecule has 0 unspecified atom stereocenters. The summed E-state index contributed by atoms with van der Waals surface area (Å²) >= 11 is 0. The molecule has 4 aromatic heterocycles. The van der Waals surface area contributed by atoms with Gasteiger partial charge in [0.2, 0.25) is 11.6 Å². The summed E-state index contributed by atoms with van der Waals surface area (Å²) in [6.45, 7) is 9.03. The predicted octanol–water partition coefficient (Wildman–Crippen LogP) is 7.54. The van der Waals surface area contributed by atoms with Crippen molar-refractivity contribution < 1.29 is 0 Å². The molecular formula is C31H25N5. The van der Waals surface area contributed by atoms with Gasteiger partial charge in [-0.2, -0.15) is 0 Å². The van der Waals surface area contributed by atoms with Gasteiger partial charge in [-0.25, -0.2) is 14.4 Å². The maximum atomic E-state index is 5.06. The molecule has 4 aromatic carbocycles. The van der Waals surface area contributed by atoms with Gasteiger partial charge in [0.25, 0.3) is 0 Å². The Labute approximate surface area is 207 Å². The van der Waals surface area contributed by atoms with E-state index in [1.54, 1.807) is 0 Å². The molecule has 5 heteroatoms. The summed E-state index contributed by atoms with van der Waals surface area (Å²) in [5.74, 6) is 2.31. The number of hydrogen-bond donors (Lipinski definition) is 0. The molecule has 0 bridgehead atoms. The lowest BCUT2D eigenvalue weighted by atomic mass is 9.89. The fourth-order valence-electron chi connectivity index (χ4n) is 6.48. The number of fused-ring (bicyclic) bond motifs is 10. The fourth-order valence-corrected chi connectivity index (χ4v) is 6.48. The monoisotopic (exact) mass is 467 g/mol. The van der Waals surface area contributed by atoms with Crippen LogP contribution < -0.4 is 0 Å². The van der Waals surface area contributed by atoms with Gasteiger partial charge in [0.15, 0.2) is 0 Å². The number of imidazole rings is 4. The van der Waals surface area contributed by atoms with Crippen LogP contribution in [0.2, 0.25) is 0 Å². The fraction of sp³-hybridized carbons (Fsp3) is 0.161. The lowest BCUT2D eigenvalue weighted by Crippen LogP contribution is -1.97. The lowest BCUT2D eigenvalue weighted by molar-refractivity contribution is 0.846. The number of aromatic nitrogens is 5. The third-order valence-corrected chi connectivity index (χ3v) is 7.77. The third kappa shape index (κ3) is 2.35. The molecule has 0 spiro atoms. The smallest absolute Gasteiger partial charge is 0.223 e. The van der Waals surface area contributed by atoms with E-state index >= 15 is 0 Å². The number of rotatable bonds is 2. The highest BCUT2D eigenvalue weighted by atomic mass is 15.3. The number of benzene rings is 4. The van der Waals surface area contributed by atoms with Crippen LogP contribution in [0, 0.1) is 13.8 Å². The van der Waals surface area contributed by atoms with Crippen molar-refractivity contribution in [3.8, 4) is 11.1 Å². The van der Waals surface area contributed by atoms with E-state index in [0.717, 1.165) is 50.2 Å². The van der Waals surface area contributed by atoms with Crippen LogP contribution in [-0.4, -0.2) is 23.2 Å². The minimum atomic E-state index is 0.505. The van der Waals surface area contributed by atoms with E-state index in [1.807, 2.05) is 0 Å². The Morgan fingerprint density at radius 2 is 1.06 bits per heavy atom. The van der Waals surface area contributed by atoms with E-state index in [2.05, 4.69) is 114 Å². The Kier molecular flexibility index (Phi) is 3.66. The van der Waals surface area contributed by atoms with Crippen LogP contribution in [0.5, 0.6) is 0 Å². The van der Waals surface area contributed by atoms with Crippen LogP contribution in [0.1, 0.15) is 36.5 Å². The summed E-state index contributed by atoms with van der Waals surface area (Å²) in [5.41, 5.74) is 14.3. The van der Waals surface area contributed by atoms with Crippen molar-refractivity contribution >= 4 is 50.2 Å². The Hall–Kier alpha value is -4.38. The van der Waals surface area contributed by atoms with Gasteiger partial charge in [-0.15, -0.1) is 0 Å². The molecule has 4 heterocycles. The van der Waals surface area contributed by atoms with Crippen LogP contribution in [-0.2, 0) is 0 Å². The Bertz CT molecular complexity index is 2010. The van der Waals surface area contributed by atoms with Crippen LogP contribution in [0.15, 0.2) is 72.8 Å². The summed E-state index contributed by atoms with van der Waals surface area (Å²) in [5, 5.41) is 0. The number of para-hydroxylation sites is 4. The SMILES string of the molecule is Cc1cc(-c2cc3c4c(c2)n2c5ccccc5nc2n4c2nc4ccccc4n32)cc(C)c1C(C)C. The first-order valence-corrected chi connectivity index (χ1v) is 12.6. The van der Waals surface area contributed by atoms with Gasteiger partial charge in [0.05, 0.1) is 33.1 Å². The van der Waals surface area contributed by atoms with Gasteiger partial charge in [-0.1, -0.05) is 50.2 Å². The van der Waals surface area contributed by atoms with Gasteiger partial charge < -0.3 is 0 Å². The topological polar surface area (TPSA) is 39.0 Å². The van der Waals surface area contributed by atoms with Crippen molar-refractivity contribution in [2.75, 3.05) is 0 Å². The second kappa shape index (κ2) is 6.64. The number of aryl methyl sites for hydroxylation is 2. The minimum Gasteiger partial charge on any atom is -0.276 e. The molecule has 0 aliphatic heterocycles. The zero-order valence-electron chi connectivity index (χ0n) is 20.7. The highest BCUT2D eigenvalue weighted by Gasteiger charge is 2.24. The Morgan fingerprint density at radius 1 is 0.583 bits per heavy atom. The lowest BCUT2D eigenvalue weighted by Gasteiger charge is -2.16. The molecule has 0 fully saturated rings. The molecule has 8 rings (SSSR count). The van der Waals surface area contributed by atoms with Crippen molar-refractivity contribution in [3.63, 3.8) is 0 Å². The molecule has 174 valence electrons. The molecule has 0 radical (unpaired) electrons. The van der Waals surface area contributed by atoms with Crippen LogP contribution in [0.4, 0.5) is 0 Å². The van der Waals surface area contributed by atoms with E-state index in [4.69, 9.17) is 9.97 Å². The van der Waals surface area contributed by atoms with Crippen LogP contribution in [0.3, 0.4) is 0 Å². The largest absolute Gasteiger partial charge is 0.276 e. The van der Waals surface area contributed by atoms with Crippen molar-refractivity contribution in [3.05, 3.63) is 89.5 Å². The van der Waals surface area contributed by atoms with Gasteiger partial charge in [-0.05, 0) is 84.0 Å². The van der Waals surface area contributed by atoms with Crippen molar-refractivity contribution in [1.82, 2.24) is 23.2 Å². The molecule has 0 saturated heterocycles. The average Bonchev–Trinajstić information content (AvgIpc) is 3.57. The molecule has 0 aliphatic rings. The normalized spacial score (nSPS) is 12.7. The molecular weight excluding hydrogens is 442 g/mol. The quantitative estimate of drug-likeness (QED) is 0.263. The second-order valence-electron chi connectivity index (χ2n) is 10.3. The highest BCUT2D eigenvalue weighted by molar-refractivity contribution is 6.06. The van der Waals surface area contributed by atoms with Gasteiger partial charge in [0, 0.05) is 0 Å². The first kappa shape index (κ1) is 19.9. The molecule has 36 heavy (non-hydrogen) atoms. The highest BCUT2D eigenvalue weighted by Crippen LogP contribution is 2.38. The van der Waals surface area contributed by atoms with E-state index in [0.29, 0.717) is 5.92 Å². The van der Waals surface area contributed by atoms with E-state index in [9.17, 15) is 0 Å². The van der Waals surface area contributed by atoms with Crippen molar-refractivity contribution in [2.24, 2.45) is 0 Å². The summed E-state index contributed by atoms with van der Waals surface area (Å²) in [7, 11) is 0. The summed E-state index contributed by atoms with van der Waals surface area (Å²) in [6.07, 6.45) is 0. The summed E-state index contributed by atoms with van der Waals surface area (Å²) in [4.78, 5) is 10.1. The maximum Gasteiger partial charge on any atom is 0.223 e. The maximum absolute atomic E-state index is 5.06. The first-order chi connectivity index (χ1) is 17.5. The summed E-state index contributed by atoms with van der Waals surface area (Å²) < 4.78 is 6.82. The van der Waals surface area contributed by atoms with Gasteiger partial charge >= 0.3 is 0 Å². The standard InChI is InChI=1S/C31H25N5/c1-17(2)28-18(3)13-20(14-19(28)4)21-15-26-29-27(16-21)35-25-12-8-6-10-23(25)33-31(35)36(29)30-32-22-9-5-7-11-24(22)34(26)30/h5-17H,1-4H3. The molecule has 0 amide bonds. The van der Waals surface area contributed by atoms with E-state index < -0.39 is 0 Å². The predicted molar refractivity (Wildman–Crippen MR) is 148 cm³/mol. The molecule has 0 saturated carbocycles. The van der Waals surface area contributed by atoms with Gasteiger partial charge in [-0.3, -0.25) is 8.80 Å². The molecule has 0 aliphatic carbocycles. The second-order valence-corrected chi connectivity index (χ2v) is 10.3. The van der Waals surface area contributed by atoms with Crippen LogP contribution in [0.25, 0.3) is 61.3 Å². The average molecular weight is 468 g/mol. The van der Waals surface area contributed by atoms with Crippen LogP contribution >= 0.6 is 0 Å². The molecule has 0 N–H and O–H groups in total. The summed E-state index contributed by atoms with van der Waals surface area (Å²) in [6, 6.07) is 26.1. The van der Waals surface area contributed by atoms with E-state index in [-0.39, 0.29) is 0 Å². The zero-order valence-corrected chi connectivity index (χ0v) is 20.7. The zero-order chi connectivity index (χ0) is 24.3. The van der Waals surface area contributed by atoms with E-state index in [1.165, 1.54) is 27.8 Å². The number of nitrogens with zero attached hydrogens (tertiary/aromatic N) is 5. The third-order valence-electron chi connectivity index (χ3n) is 7.77.